The van der Waals surface area contributed by atoms with E-state index in [1.54, 1.807) is 4.31 Å². The summed E-state index contributed by atoms with van der Waals surface area (Å²) in [7, 11) is 0. The van der Waals surface area contributed by atoms with Gasteiger partial charge in [-0.15, -0.1) is 0 Å². The molecule has 1 atom stereocenters. The van der Waals surface area contributed by atoms with Gasteiger partial charge in [-0.25, -0.2) is 8.51 Å². The highest BCUT2D eigenvalue weighted by Gasteiger charge is 2.06. The Hall–Kier alpha value is 0.0700. The van der Waals surface area contributed by atoms with Crippen molar-refractivity contribution >= 4 is 11.3 Å². The summed E-state index contributed by atoms with van der Waals surface area (Å²) in [4.78, 5) is 0. The molecule has 0 aliphatic carbocycles. The minimum atomic E-state index is -1.78. The first-order valence-electron chi connectivity index (χ1n) is 7.58. The average molecular weight is 277 g/mol. The Kier molecular flexibility index (Phi) is 13.6. The van der Waals surface area contributed by atoms with Crippen molar-refractivity contribution in [1.29, 1.82) is 0 Å². The fourth-order valence-corrected chi connectivity index (χ4v) is 2.63. The van der Waals surface area contributed by atoms with Crippen LogP contribution in [0.5, 0.6) is 0 Å². The molecule has 110 valence electrons. The number of rotatable bonds is 13. The summed E-state index contributed by atoms with van der Waals surface area (Å²) in [6.07, 6.45) is 13.0. The Morgan fingerprint density at radius 3 is 1.67 bits per heavy atom. The Morgan fingerprint density at radius 2 is 1.28 bits per heavy atom. The molecule has 0 aromatic carbocycles. The fourth-order valence-electron chi connectivity index (χ4n) is 2.12. The average Bonchev–Trinajstić information content (AvgIpc) is 2.35. The van der Waals surface area contributed by atoms with Crippen LogP contribution in [-0.2, 0) is 11.3 Å². The molecule has 0 aromatic heterocycles. The van der Waals surface area contributed by atoms with E-state index in [1.165, 1.54) is 57.8 Å². The lowest BCUT2D eigenvalue weighted by Crippen LogP contribution is -2.26. The molecular weight excluding hydrogens is 246 g/mol. The van der Waals surface area contributed by atoms with Crippen LogP contribution >= 0.6 is 0 Å². The fraction of sp³-hybridized carbons (Fsp3) is 1.00. The van der Waals surface area contributed by atoms with E-state index in [4.69, 9.17) is 4.55 Å². The maximum absolute atomic E-state index is 10.9. The summed E-state index contributed by atoms with van der Waals surface area (Å²) in [6.45, 7) is 5.57. The van der Waals surface area contributed by atoms with Crippen LogP contribution in [-0.4, -0.2) is 26.2 Å². The molecule has 1 unspecified atom stereocenters. The van der Waals surface area contributed by atoms with Crippen LogP contribution in [0.15, 0.2) is 0 Å². The molecule has 18 heavy (non-hydrogen) atoms. The molecule has 0 fully saturated rings. The molecule has 0 amide bonds. The number of hydrogen-bond donors (Lipinski definition) is 1. The maximum Gasteiger partial charge on any atom is 0.234 e. The Bertz CT molecular complexity index is 200. The molecule has 0 spiro atoms. The SMILES string of the molecule is CCCCCCCCCCCCN(CC)S(=O)O. The van der Waals surface area contributed by atoms with Gasteiger partial charge in [-0.05, 0) is 6.42 Å². The monoisotopic (exact) mass is 277 g/mol. The van der Waals surface area contributed by atoms with E-state index >= 15 is 0 Å². The highest BCUT2D eigenvalue weighted by Crippen LogP contribution is 2.10. The zero-order valence-electron chi connectivity index (χ0n) is 12.2. The normalized spacial score (nSPS) is 13.1. The van der Waals surface area contributed by atoms with Gasteiger partial charge in [-0.1, -0.05) is 71.6 Å². The van der Waals surface area contributed by atoms with E-state index < -0.39 is 11.3 Å². The summed E-state index contributed by atoms with van der Waals surface area (Å²) >= 11 is -1.78. The second kappa shape index (κ2) is 13.5. The van der Waals surface area contributed by atoms with Gasteiger partial charge in [0.1, 0.15) is 0 Å². The van der Waals surface area contributed by atoms with Crippen molar-refractivity contribution in [3.63, 3.8) is 0 Å². The van der Waals surface area contributed by atoms with Crippen molar-refractivity contribution in [2.75, 3.05) is 13.1 Å². The van der Waals surface area contributed by atoms with Gasteiger partial charge in [-0.2, -0.15) is 0 Å². The van der Waals surface area contributed by atoms with E-state index in [0.717, 1.165) is 13.0 Å². The zero-order valence-corrected chi connectivity index (χ0v) is 13.0. The van der Waals surface area contributed by atoms with Crippen LogP contribution in [0.25, 0.3) is 0 Å². The maximum atomic E-state index is 10.9. The summed E-state index contributed by atoms with van der Waals surface area (Å²) in [5.74, 6) is 0. The topological polar surface area (TPSA) is 40.5 Å². The van der Waals surface area contributed by atoms with Gasteiger partial charge in [0.15, 0.2) is 0 Å². The van der Waals surface area contributed by atoms with E-state index in [1.807, 2.05) is 6.92 Å². The van der Waals surface area contributed by atoms with Crippen LogP contribution in [0.2, 0.25) is 0 Å². The molecule has 0 heterocycles. The van der Waals surface area contributed by atoms with Crippen LogP contribution in [0.3, 0.4) is 0 Å². The highest BCUT2D eigenvalue weighted by molar-refractivity contribution is 7.76. The lowest BCUT2D eigenvalue weighted by molar-refractivity contribution is 0.397. The van der Waals surface area contributed by atoms with E-state index in [2.05, 4.69) is 6.92 Å². The summed E-state index contributed by atoms with van der Waals surface area (Å²) < 4.78 is 21.4. The van der Waals surface area contributed by atoms with Gasteiger partial charge in [-0.3, -0.25) is 4.55 Å². The third-order valence-corrected chi connectivity index (χ3v) is 4.22. The lowest BCUT2D eigenvalue weighted by atomic mass is 10.1. The van der Waals surface area contributed by atoms with E-state index in [0.29, 0.717) is 6.54 Å². The molecule has 3 nitrogen and oxygen atoms in total. The number of unbranched alkanes of at least 4 members (excludes halogenated alkanes) is 9. The summed E-state index contributed by atoms with van der Waals surface area (Å²) in [5, 5.41) is 0. The highest BCUT2D eigenvalue weighted by atomic mass is 32.2. The second-order valence-electron chi connectivity index (χ2n) is 4.93. The van der Waals surface area contributed by atoms with Crippen molar-refractivity contribution in [3.05, 3.63) is 0 Å². The van der Waals surface area contributed by atoms with Gasteiger partial charge in [0, 0.05) is 13.1 Å². The van der Waals surface area contributed by atoms with Gasteiger partial charge in [0.05, 0.1) is 0 Å². The van der Waals surface area contributed by atoms with Crippen molar-refractivity contribution in [1.82, 2.24) is 4.31 Å². The number of nitrogens with zero attached hydrogens (tertiary/aromatic N) is 1. The molecule has 0 aromatic rings. The van der Waals surface area contributed by atoms with E-state index in [9.17, 15) is 4.21 Å². The lowest BCUT2D eigenvalue weighted by Gasteiger charge is -2.14. The third-order valence-electron chi connectivity index (χ3n) is 3.33. The Labute approximate surface area is 116 Å². The predicted octanol–water partition coefficient (Wildman–Crippen LogP) is 4.37. The molecule has 1 N–H and O–H groups in total. The smallest absolute Gasteiger partial charge is 0.234 e. The van der Waals surface area contributed by atoms with Crippen molar-refractivity contribution in [2.45, 2.75) is 78.1 Å². The summed E-state index contributed by atoms with van der Waals surface area (Å²) in [6, 6.07) is 0. The largest absolute Gasteiger partial charge is 0.294 e. The molecule has 0 saturated heterocycles. The first kappa shape index (κ1) is 18.1. The molecule has 0 saturated carbocycles. The molecule has 0 radical (unpaired) electrons. The quantitative estimate of drug-likeness (QED) is 0.401. The van der Waals surface area contributed by atoms with Gasteiger partial charge >= 0.3 is 0 Å². The van der Waals surface area contributed by atoms with E-state index in [-0.39, 0.29) is 0 Å². The van der Waals surface area contributed by atoms with Crippen molar-refractivity contribution in [3.8, 4) is 0 Å². The van der Waals surface area contributed by atoms with Gasteiger partial charge in [0.25, 0.3) is 0 Å². The first-order valence-corrected chi connectivity index (χ1v) is 8.64. The van der Waals surface area contributed by atoms with Crippen LogP contribution in [0.1, 0.15) is 78.1 Å². The molecule has 0 rings (SSSR count). The molecule has 0 aliphatic heterocycles. The molecule has 4 heteroatoms. The number of hydrogen-bond acceptors (Lipinski definition) is 1. The predicted molar refractivity (Wildman–Crippen MR) is 79.9 cm³/mol. The molecule has 0 aliphatic rings. The van der Waals surface area contributed by atoms with Gasteiger partial charge < -0.3 is 0 Å². The second-order valence-corrected chi connectivity index (χ2v) is 5.91. The standard InChI is InChI=1S/C14H31NO2S/c1-3-5-6-7-8-9-10-11-12-13-14-15(4-2)18(16)17/h3-14H2,1-2H3,(H,16,17). The van der Waals surface area contributed by atoms with Crippen LogP contribution in [0.4, 0.5) is 0 Å². The van der Waals surface area contributed by atoms with Crippen LogP contribution < -0.4 is 0 Å². The Balaban J connectivity index is 3.18. The van der Waals surface area contributed by atoms with Crippen molar-refractivity contribution < 1.29 is 8.76 Å². The third kappa shape index (κ3) is 11.2. The minimum Gasteiger partial charge on any atom is -0.294 e. The van der Waals surface area contributed by atoms with Crippen molar-refractivity contribution in [2.24, 2.45) is 0 Å². The minimum absolute atomic E-state index is 0.653. The molecular formula is C14H31NO2S. The molecule has 0 bridgehead atoms. The van der Waals surface area contributed by atoms with Crippen LogP contribution in [0, 0.1) is 0 Å². The van der Waals surface area contributed by atoms with Gasteiger partial charge in [0.2, 0.25) is 11.3 Å². The summed E-state index contributed by atoms with van der Waals surface area (Å²) in [5.41, 5.74) is 0. The Morgan fingerprint density at radius 1 is 0.833 bits per heavy atom. The first-order chi connectivity index (χ1) is 8.72. The zero-order chi connectivity index (χ0) is 13.6.